The number of halogens is 1. The van der Waals surface area contributed by atoms with Crippen LogP contribution in [-0.2, 0) is 11.3 Å². The number of hydrogen-bond acceptors (Lipinski definition) is 6. The van der Waals surface area contributed by atoms with E-state index in [4.69, 9.17) is 22.1 Å². The summed E-state index contributed by atoms with van der Waals surface area (Å²) in [7, 11) is 0. The fraction of sp³-hybridized carbons (Fsp3) is 0.400. The maximum absolute atomic E-state index is 11.3. The van der Waals surface area contributed by atoms with E-state index in [9.17, 15) is 4.79 Å². The summed E-state index contributed by atoms with van der Waals surface area (Å²) >= 11 is 5.78. The van der Waals surface area contributed by atoms with Crippen molar-refractivity contribution in [2.24, 2.45) is 0 Å². The van der Waals surface area contributed by atoms with E-state index in [0.717, 1.165) is 0 Å². The average Bonchev–Trinajstić information content (AvgIpc) is 2.93. The van der Waals surface area contributed by atoms with Gasteiger partial charge in [0, 0.05) is 13.1 Å². The first-order valence-corrected chi connectivity index (χ1v) is 6.08. The highest BCUT2D eigenvalue weighted by atomic mass is 35.5. The van der Waals surface area contributed by atoms with E-state index in [1.54, 1.807) is 15.8 Å². The molecule has 2 aromatic rings. The van der Waals surface area contributed by atoms with Crippen LogP contribution in [0.4, 0.5) is 10.6 Å². The topological polar surface area (TPSA) is 99.2 Å². The predicted molar refractivity (Wildman–Crippen MR) is 67.7 cm³/mol. The van der Waals surface area contributed by atoms with Crippen LogP contribution in [0.25, 0.3) is 11.2 Å². The zero-order valence-electron chi connectivity index (χ0n) is 9.91. The molecule has 2 aromatic heterocycles. The van der Waals surface area contributed by atoms with Crippen molar-refractivity contribution in [2.75, 3.05) is 25.4 Å². The number of rotatable bonds is 3. The molecular weight excluding hydrogens is 272 g/mol. The average molecular weight is 283 g/mol. The van der Waals surface area contributed by atoms with Crippen molar-refractivity contribution in [2.45, 2.75) is 6.54 Å². The number of nitrogens with two attached hydrogens (primary N) is 1. The smallest absolute Gasteiger partial charge is 0.410 e. The molecule has 1 saturated heterocycles. The number of ether oxygens (including phenoxy) is 1. The van der Waals surface area contributed by atoms with Gasteiger partial charge in [0.25, 0.3) is 0 Å². The highest BCUT2D eigenvalue weighted by Gasteiger charge is 2.21. The van der Waals surface area contributed by atoms with Gasteiger partial charge in [-0.1, -0.05) is 0 Å². The van der Waals surface area contributed by atoms with Crippen LogP contribution >= 0.6 is 11.6 Å². The summed E-state index contributed by atoms with van der Waals surface area (Å²) < 4.78 is 6.64. The van der Waals surface area contributed by atoms with Gasteiger partial charge in [-0.15, -0.1) is 0 Å². The lowest BCUT2D eigenvalue weighted by molar-refractivity contribution is 0.157. The minimum Gasteiger partial charge on any atom is -0.448 e. The van der Waals surface area contributed by atoms with Crippen LogP contribution in [0.1, 0.15) is 0 Å². The Bertz CT molecular complexity index is 642. The Morgan fingerprint density at radius 3 is 3.00 bits per heavy atom. The third-order valence-electron chi connectivity index (χ3n) is 2.92. The Balaban J connectivity index is 1.83. The van der Waals surface area contributed by atoms with E-state index < -0.39 is 0 Å². The monoisotopic (exact) mass is 282 g/mol. The van der Waals surface area contributed by atoms with Gasteiger partial charge in [0.2, 0.25) is 5.28 Å². The van der Waals surface area contributed by atoms with Crippen molar-refractivity contribution in [3.8, 4) is 0 Å². The fourth-order valence-electron chi connectivity index (χ4n) is 1.96. The lowest BCUT2D eigenvalue weighted by Crippen LogP contribution is -2.28. The second kappa shape index (κ2) is 4.54. The maximum atomic E-state index is 11.3. The fourth-order valence-corrected chi connectivity index (χ4v) is 2.13. The molecule has 0 aromatic carbocycles. The SMILES string of the molecule is Nc1nc(Cl)nc2c1ncn2CCN1CCOC1=O. The van der Waals surface area contributed by atoms with Crippen molar-refractivity contribution < 1.29 is 9.53 Å². The molecular formula is C10H11ClN6O2. The first-order chi connectivity index (χ1) is 9.15. The van der Waals surface area contributed by atoms with Crippen LogP contribution in [0.5, 0.6) is 0 Å². The number of carbonyl (C=O) groups excluding carboxylic acids is 1. The largest absolute Gasteiger partial charge is 0.448 e. The Labute approximate surface area is 113 Å². The molecule has 0 aliphatic carbocycles. The number of amides is 1. The molecule has 0 atom stereocenters. The molecule has 0 radical (unpaired) electrons. The van der Waals surface area contributed by atoms with Crippen LogP contribution in [0.3, 0.4) is 0 Å². The van der Waals surface area contributed by atoms with Crippen molar-refractivity contribution in [1.82, 2.24) is 24.4 Å². The Hall–Kier alpha value is -2.09. The minimum absolute atomic E-state index is 0.0762. The summed E-state index contributed by atoms with van der Waals surface area (Å²) in [6.45, 7) is 2.10. The van der Waals surface area contributed by atoms with Gasteiger partial charge in [0.15, 0.2) is 11.5 Å². The van der Waals surface area contributed by atoms with Crippen LogP contribution in [0.15, 0.2) is 6.33 Å². The van der Waals surface area contributed by atoms with Gasteiger partial charge < -0.3 is 19.9 Å². The van der Waals surface area contributed by atoms with Gasteiger partial charge in [0.05, 0.1) is 12.9 Å². The minimum atomic E-state index is -0.295. The van der Waals surface area contributed by atoms with Crippen molar-refractivity contribution in [3.63, 3.8) is 0 Å². The number of nitrogens with zero attached hydrogens (tertiary/aromatic N) is 5. The molecule has 0 saturated carbocycles. The van der Waals surface area contributed by atoms with E-state index in [-0.39, 0.29) is 17.2 Å². The normalized spacial score (nSPS) is 15.2. The Kier molecular flexibility index (Phi) is 2.86. The molecule has 9 heteroatoms. The predicted octanol–water partition coefficient (Wildman–Crippen LogP) is 0.514. The standard InChI is InChI=1S/C10H11ClN6O2/c11-9-14-7(12)6-8(15-9)17(5-13-6)2-1-16-3-4-19-10(16)18/h5H,1-4H2,(H2,12,14,15). The maximum Gasteiger partial charge on any atom is 0.410 e. The first-order valence-electron chi connectivity index (χ1n) is 5.70. The summed E-state index contributed by atoms with van der Waals surface area (Å²) in [4.78, 5) is 25.0. The van der Waals surface area contributed by atoms with Crippen LogP contribution in [0.2, 0.25) is 5.28 Å². The van der Waals surface area contributed by atoms with Crippen molar-refractivity contribution in [1.29, 1.82) is 0 Å². The molecule has 1 aliphatic heterocycles. The third kappa shape index (κ3) is 2.14. The van der Waals surface area contributed by atoms with E-state index in [1.807, 2.05) is 0 Å². The molecule has 3 rings (SSSR count). The van der Waals surface area contributed by atoms with Gasteiger partial charge in [-0.2, -0.15) is 9.97 Å². The molecule has 0 spiro atoms. The lowest BCUT2D eigenvalue weighted by Gasteiger charge is -2.12. The molecule has 1 amide bonds. The molecule has 1 aliphatic rings. The van der Waals surface area contributed by atoms with Gasteiger partial charge in [0.1, 0.15) is 12.1 Å². The molecule has 2 N–H and O–H groups in total. The number of imidazole rings is 1. The van der Waals surface area contributed by atoms with Crippen molar-refractivity contribution >= 4 is 34.7 Å². The number of cyclic esters (lactones) is 1. The molecule has 100 valence electrons. The molecule has 8 nitrogen and oxygen atoms in total. The summed E-state index contributed by atoms with van der Waals surface area (Å²) in [5, 5.41) is 0.0762. The number of hydrogen-bond donors (Lipinski definition) is 1. The molecule has 1 fully saturated rings. The number of anilines is 1. The quantitative estimate of drug-likeness (QED) is 0.824. The second-order valence-electron chi connectivity index (χ2n) is 4.09. The van der Waals surface area contributed by atoms with Gasteiger partial charge in [-0.25, -0.2) is 9.78 Å². The first kappa shape index (κ1) is 12.0. The summed E-state index contributed by atoms with van der Waals surface area (Å²) in [6, 6.07) is 0. The highest BCUT2D eigenvalue weighted by Crippen LogP contribution is 2.18. The summed E-state index contributed by atoms with van der Waals surface area (Å²) in [6.07, 6.45) is 1.31. The van der Waals surface area contributed by atoms with Crippen LogP contribution < -0.4 is 5.73 Å². The number of fused-ring (bicyclic) bond motifs is 1. The van der Waals surface area contributed by atoms with Crippen molar-refractivity contribution in [3.05, 3.63) is 11.6 Å². The van der Waals surface area contributed by atoms with Crippen LogP contribution in [-0.4, -0.2) is 50.2 Å². The lowest BCUT2D eigenvalue weighted by atomic mass is 10.5. The summed E-state index contributed by atoms with van der Waals surface area (Å²) in [5.74, 6) is 0.245. The van der Waals surface area contributed by atoms with Gasteiger partial charge in [-0.3, -0.25) is 0 Å². The zero-order chi connectivity index (χ0) is 13.4. The van der Waals surface area contributed by atoms with E-state index >= 15 is 0 Å². The van der Waals surface area contributed by atoms with Gasteiger partial charge in [-0.05, 0) is 11.6 Å². The van der Waals surface area contributed by atoms with E-state index in [1.165, 1.54) is 0 Å². The third-order valence-corrected chi connectivity index (χ3v) is 3.09. The highest BCUT2D eigenvalue weighted by molar-refractivity contribution is 6.28. The van der Waals surface area contributed by atoms with E-state index in [0.29, 0.717) is 37.4 Å². The molecule has 3 heterocycles. The molecule has 0 bridgehead atoms. The second-order valence-corrected chi connectivity index (χ2v) is 4.43. The van der Waals surface area contributed by atoms with Crippen LogP contribution in [0, 0.1) is 0 Å². The Morgan fingerprint density at radius 2 is 2.26 bits per heavy atom. The van der Waals surface area contributed by atoms with E-state index in [2.05, 4.69) is 15.0 Å². The number of aromatic nitrogens is 4. The number of nitrogen functional groups attached to an aromatic ring is 1. The molecule has 19 heavy (non-hydrogen) atoms. The number of carbonyl (C=O) groups is 1. The van der Waals surface area contributed by atoms with Gasteiger partial charge >= 0.3 is 6.09 Å². The zero-order valence-corrected chi connectivity index (χ0v) is 10.7. The Morgan fingerprint density at radius 1 is 1.42 bits per heavy atom. The summed E-state index contributed by atoms with van der Waals surface area (Å²) in [5.41, 5.74) is 6.78. The molecule has 0 unspecified atom stereocenters.